The molecule has 2 aromatic heterocycles. The highest BCUT2D eigenvalue weighted by Crippen LogP contribution is 2.19. The average Bonchev–Trinajstić information content (AvgIpc) is 2.77. The van der Waals surface area contributed by atoms with Crippen molar-refractivity contribution >= 4 is 34.2 Å². The fourth-order valence-electron chi connectivity index (χ4n) is 3.23. The van der Waals surface area contributed by atoms with Crippen molar-refractivity contribution in [1.82, 2.24) is 24.8 Å². The number of benzene rings is 2. The Morgan fingerprint density at radius 3 is 2.68 bits per heavy atom. The van der Waals surface area contributed by atoms with E-state index in [1.165, 1.54) is 23.4 Å². The summed E-state index contributed by atoms with van der Waals surface area (Å²) in [7, 11) is 1.87. The fourth-order valence-corrected chi connectivity index (χ4v) is 3.49. The Hall–Kier alpha value is -3.78. The number of aryl methyl sites for hydroxylation is 1. The first-order chi connectivity index (χ1) is 15.0. The van der Waals surface area contributed by atoms with Gasteiger partial charge in [-0.05, 0) is 36.8 Å². The molecule has 0 atom stereocenters. The molecule has 5 rings (SSSR count). The van der Waals surface area contributed by atoms with Crippen LogP contribution in [0.5, 0.6) is 0 Å². The minimum absolute atomic E-state index is 0.108. The second-order valence-electron chi connectivity index (χ2n) is 7.01. The number of halogens is 1. The molecule has 0 saturated carbocycles. The molecule has 0 unspecified atom stereocenters. The number of fused-ring (bicyclic) bond motifs is 2. The maximum Gasteiger partial charge on any atom is 0.267 e. The van der Waals surface area contributed by atoms with Gasteiger partial charge < -0.3 is 10.2 Å². The lowest BCUT2D eigenvalue weighted by Gasteiger charge is -2.25. The molecule has 1 aliphatic rings. The van der Waals surface area contributed by atoms with Gasteiger partial charge in [0.1, 0.15) is 24.0 Å². The van der Waals surface area contributed by atoms with Crippen molar-refractivity contribution < 1.29 is 4.79 Å². The van der Waals surface area contributed by atoms with E-state index in [1.807, 2.05) is 43.1 Å². The van der Waals surface area contributed by atoms with Crippen LogP contribution in [-0.4, -0.2) is 39.1 Å². The van der Waals surface area contributed by atoms with Gasteiger partial charge in [-0.3, -0.25) is 14.2 Å². The van der Waals surface area contributed by atoms with E-state index in [1.54, 1.807) is 18.2 Å². The minimum Gasteiger partial charge on any atom is -0.341 e. The Labute approximate surface area is 183 Å². The molecular formula is C22H19ClN6O2. The van der Waals surface area contributed by atoms with Gasteiger partial charge in [0.2, 0.25) is 0 Å². The number of amides is 1. The number of nitrogens with zero attached hydrogens (tertiary/aromatic N) is 5. The van der Waals surface area contributed by atoms with Gasteiger partial charge in [0.15, 0.2) is 0 Å². The average molecular weight is 435 g/mol. The van der Waals surface area contributed by atoms with Gasteiger partial charge in [0.25, 0.3) is 11.5 Å². The summed E-state index contributed by atoms with van der Waals surface area (Å²) < 4.78 is 1.52. The number of nitrogens with one attached hydrogen (secondary N) is 1. The van der Waals surface area contributed by atoms with Crippen LogP contribution in [0.4, 0.5) is 5.82 Å². The molecule has 9 heteroatoms. The largest absolute Gasteiger partial charge is 0.341 e. The van der Waals surface area contributed by atoms with Crippen molar-refractivity contribution in [3.8, 4) is 5.69 Å². The molecule has 0 spiro atoms. The summed E-state index contributed by atoms with van der Waals surface area (Å²) in [6.07, 6.45) is 4.50. The Morgan fingerprint density at radius 2 is 1.90 bits per heavy atom. The quantitative estimate of drug-likeness (QED) is 0.495. The molecule has 0 saturated heterocycles. The number of anilines is 1. The van der Waals surface area contributed by atoms with Gasteiger partial charge in [-0.1, -0.05) is 29.8 Å². The van der Waals surface area contributed by atoms with Gasteiger partial charge >= 0.3 is 0 Å². The lowest BCUT2D eigenvalue weighted by Crippen LogP contribution is -2.41. The first kappa shape index (κ1) is 20.5. The Bertz CT molecular complexity index is 1340. The lowest BCUT2D eigenvalue weighted by molar-refractivity contribution is 0.0947. The zero-order valence-electron chi connectivity index (χ0n) is 16.9. The van der Waals surface area contributed by atoms with E-state index in [-0.39, 0.29) is 11.5 Å². The zero-order chi connectivity index (χ0) is 22.0. The van der Waals surface area contributed by atoms with Crippen LogP contribution in [0.15, 0.2) is 66.1 Å². The van der Waals surface area contributed by atoms with Crippen molar-refractivity contribution in [3.63, 3.8) is 0 Å². The van der Waals surface area contributed by atoms with E-state index >= 15 is 0 Å². The van der Waals surface area contributed by atoms with Crippen LogP contribution in [0, 0.1) is 6.92 Å². The highest BCUT2D eigenvalue weighted by molar-refractivity contribution is 6.35. The van der Waals surface area contributed by atoms with Crippen molar-refractivity contribution in [2.45, 2.75) is 6.92 Å². The molecule has 156 valence electrons. The van der Waals surface area contributed by atoms with Crippen molar-refractivity contribution in [2.24, 2.45) is 0 Å². The van der Waals surface area contributed by atoms with Gasteiger partial charge in [-0.2, -0.15) is 0 Å². The number of rotatable bonds is 1. The summed E-state index contributed by atoms with van der Waals surface area (Å²) >= 11 is 6.10. The van der Waals surface area contributed by atoms with Gasteiger partial charge in [-0.25, -0.2) is 15.0 Å². The van der Waals surface area contributed by atoms with Crippen molar-refractivity contribution in [1.29, 1.82) is 0 Å². The molecule has 4 aromatic rings. The van der Waals surface area contributed by atoms with E-state index in [9.17, 15) is 9.59 Å². The summed E-state index contributed by atoms with van der Waals surface area (Å²) in [6, 6.07) is 13.0. The lowest BCUT2D eigenvalue weighted by atomic mass is 10.2. The molecule has 0 radical (unpaired) electrons. The zero-order valence-corrected chi connectivity index (χ0v) is 17.7. The van der Waals surface area contributed by atoms with E-state index in [2.05, 4.69) is 20.3 Å². The third-order valence-corrected chi connectivity index (χ3v) is 5.11. The highest BCUT2D eigenvalue weighted by atomic mass is 35.5. The molecule has 0 bridgehead atoms. The SMILES string of the molecule is CN1CNC(=O)c2cncnc21.Cc1cccc(-n2cnc3cccc(Cl)c3c2=O)c1. The Morgan fingerprint density at radius 1 is 1.10 bits per heavy atom. The summed E-state index contributed by atoms with van der Waals surface area (Å²) in [5.74, 6) is 0.581. The molecule has 2 aromatic carbocycles. The van der Waals surface area contributed by atoms with Gasteiger partial charge in [0, 0.05) is 13.2 Å². The van der Waals surface area contributed by atoms with Gasteiger partial charge in [0.05, 0.1) is 28.3 Å². The normalized spacial score (nSPS) is 12.6. The number of hydrogen-bond donors (Lipinski definition) is 1. The molecule has 1 aliphatic heterocycles. The number of carbonyl (C=O) groups is 1. The summed E-state index contributed by atoms with van der Waals surface area (Å²) in [5.41, 5.74) is 2.87. The smallest absolute Gasteiger partial charge is 0.267 e. The van der Waals surface area contributed by atoms with Crippen LogP contribution in [0.1, 0.15) is 15.9 Å². The molecule has 31 heavy (non-hydrogen) atoms. The van der Waals surface area contributed by atoms with E-state index in [0.717, 1.165) is 11.3 Å². The molecule has 8 nitrogen and oxygen atoms in total. The third-order valence-electron chi connectivity index (χ3n) is 4.79. The summed E-state index contributed by atoms with van der Waals surface area (Å²) in [4.78, 5) is 37.6. The topological polar surface area (TPSA) is 93.0 Å². The predicted molar refractivity (Wildman–Crippen MR) is 120 cm³/mol. The van der Waals surface area contributed by atoms with Gasteiger partial charge in [-0.15, -0.1) is 0 Å². The maximum atomic E-state index is 12.5. The first-order valence-corrected chi connectivity index (χ1v) is 9.86. The van der Waals surface area contributed by atoms with Crippen LogP contribution >= 0.6 is 11.6 Å². The molecule has 1 amide bonds. The Balaban J connectivity index is 0.000000166. The molecular weight excluding hydrogens is 416 g/mol. The van der Waals surface area contributed by atoms with Crippen LogP contribution in [-0.2, 0) is 0 Å². The second-order valence-corrected chi connectivity index (χ2v) is 7.42. The van der Waals surface area contributed by atoms with E-state index in [0.29, 0.717) is 34.0 Å². The fraction of sp³-hybridized carbons (Fsp3) is 0.136. The summed E-state index contributed by atoms with van der Waals surface area (Å²) in [5, 5.41) is 3.57. The standard InChI is InChI=1S/C15H11ClN2O.C7H8N4O/c1-10-4-2-5-11(8-10)18-9-17-13-7-3-6-12(16)14(13)15(18)19;1-11-4-10-7(12)5-2-8-3-9-6(5)11/h2-9H,1H3;2-3H,4H2,1H3,(H,10,12). The van der Waals surface area contributed by atoms with E-state index < -0.39 is 0 Å². The van der Waals surface area contributed by atoms with Crippen LogP contribution in [0.25, 0.3) is 16.6 Å². The molecule has 3 heterocycles. The van der Waals surface area contributed by atoms with Crippen LogP contribution in [0.2, 0.25) is 5.02 Å². The molecule has 0 fully saturated rings. The first-order valence-electron chi connectivity index (χ1n) is 9.48. The number of hydrogen-bond acceptors (Lipinski definition) is 6. The molecule has 0 aliphatic carbocycles. The van der Waals surface area contributed by atoms with E-state index in [4.69, 9.17) is 11.6 Å². The van der Waals surface area contributed by atoms with Crippen molar-refractivity contribution in [2.75, 3.05) is 18.6 Å². The molecule has 1 N–H and O–H groups in total. The second kappa shape index (κ2) is 8.53. The number of carbonyl (C=O) groups excluding carboxylic acids is 1. The predicted octanol–water partition coefficient (Wildman–Crippen LogP) is 2.96. The van der Waals surface area contributed by atoms with Crippen molar-refractivity contribution in [3.05, 3.63) is 87.8 Å². The maximum absolute atomic E-state index is 12.5. The third kappa shape index (κ3) is 4.10. The van der Waals surface area contributed by atoms with Crippen LogP contribution < -0.4 is 15.8 Å². The monoisotopic (exact) mass is 434 g/mol. The van der Waals surface area contributed by atoms with Crippen LogP contribution in [0.3, 0.4) is 0 Å². The highest BCUT2D eigenvalue weighted by Gasteiger charge is 2.20. The number of aromatic nitrogens is 4. The Kier molecular flexibility index (Phi) is 5.64. The summed E-state index contributed by atoms with van der Waals surface area (Å²) in [6.45, 7) is 2.48. The minimum atomic E-state index is -0.152.